The van der Waals surface area contributed by atoms with Crippen molar-refractivity contribution in [3.05, 3.63) is 108 Å². The quantitative estimate of drug-likeness (QED) is 0.601. The fourth-order valence-corrected chi connectivity index (χ4v) is 3.98. The number of nitrogens with one attached hydrogen (secondary N) is 1. The molecular weight excluding hydrogens is 398 g/mol. The Balaban J connectivity index is 1.36. The number of aromatic nitrogens is 1. The molecule has 3 aromatic rings. The van der Waals surface area contributed by atoms with Gasteiger partial charge in [-0.05, 0) is 42.2 Å². The lowest BCUT2D eigenvalue weighted by atomic mass is 9.94. The van der Waals surface area contributed by atoms with E-state index in [1.54, 1.807) is 12.3 Å². The second kappa shape index (κ2) is 10.5. The van der Waals surface area contributed by atoms with Crippen molar-refractivity contribution in [3.63, 3.8) is 0 Å². The van der Waals surface area contributed by atoms with Gasteiger partial charge in [-0.3, -0.25) is 14.6 Å². The maximum atomic E-state index is 13.1. The Labute approximate surface area is 188 Å². The molecule has 1 fully saturated rings. The molecule has 1 saturated heterocycles. The summed E-state index contributed by atoms with van der Waals surface area (Å²) in [7, 11) is 0. The molecule has 1 N–H and O–H groups in total. The molecule has 2 heterocycles. The molecule has 0 spiro atoms. The van der Waals surface area contributed by atoms with E-state index in [2.05, 4.69) is 10.3 Å². The monoisotopic (exact) mass is 425 g/mol. The van der Waals surface area contributed by atoms with Crippen molar-refractivity contribution < 1.29 is 9.59 Å². The Bertz CT molecular complexity index is 1000. The predicted molar refractivity (Wildman–Crippen MR) is 125 cm³/mol. The summed E-state index contributed by atoms with van der Waals surface area (Å²) in [4.78, 5) is 31.9. The largest absolute Gasteiger partial charge is 0.343 e. The van der Waals surface area contributed by atoms with E-state index in [1.165, 1.54) is 0 Å². The molecule has 2 aromatic carbocycles. The summed E-state index contributed by atoms with van der Waals surface area (Å²) in [6.07, 6.45) is 6.49. The molecule has 1 unspecified atom stereocenters. The molecule has 0 radical (unpaired) electrons. The van der Waals surface area contributed by atoms with Gasteiger partial charge >= 0.3 is 0 Å². The van der Waals surface area contributed by atoms with Crippen LogP contribution in [-0.2, 0) is 9.59 Å². The van der Waals surface area contributed by atoms with Gasteiger partial charge in [0.25, 0.3) is 0 Å². The van der Waals surface area contributed by atoms with E-state index in [0.29, 0.717) is 25.9 Å². The lowest BCUT2D eigenvalue weighted by molar-refractivity contribution is -0.132. The van der Waals surface area contributed by atoms with Gasteiger partial charge in [-0.15, -0.1) is 0 Å². The molecule has 0 bridgehead atoms. The Kier molecular flexibility index (Phi) is 7.08. The number of amides is 2. The van der Waals surface area contributed by atoms with Crippen LogP contribution >= 0.6 is 0 Å². The van der Waals surface area contributed by atoms with E-state index in [4.69, 9.17) is 0 Å². The molecule has 1 atom stereocenters. The van der Waals surface area contributed by atoms with Gasteiger partial charge in [-0.25, -0.2) is 0 Å². The summed E-state index contributed by atoms with van der Waals surface area (Å²) in [5, 5.41) is 3.19. The first kappa shape index (κ1) is 21.5. The number of piperidine rings is 1. The van der Waals surface area contributed by atoms with E-state index >= 15 is 0 Å². The SMILES string of the molecule is O=C(NC(c1ccccc1)c1ccccn1)C1CCN(C(=O)/C=C/c2ccccc2)CC1. The highest BCUT2D eigenvalue weighted by Gasteiger charge is 2.28. The van der Waals surface area contributed by atoms with Crippen LogP contribution in [0, 0.1) is 5.92 Å². The van der Waals surface area contributed by atoms with Crippen molar-refractivity contribution in [2.75, 3.05) is 13.1 Å². The number of pyridine rings is 1. The van der Waals surface area contributed by atoms with Crippen molar-refractivity contribution in [3.8, 4) is 0 Å². The van der Waals surface area contributed by atoms with Gasteiger partial charge < -0.3 is 10.2 Å². The van der Waals surface area contributed by atoms with Gasteiger partial charge in [-0.2, -0.15) is 0 Å². The highest BCUT2D eigenvalue weighted by molar-refractivity contribution is 5.92. The molecular formula is C27H27N3O2. The van der Waals surface area contributed by atoms with Crippen LogP contribution in [0.2, 0.25) is 0 Å². The van der Waals surface area contributed by atoms with Gasteiger partial charge in [0.15, 0.2) is 0 Å². The van der Waals surface area contributed by atoms with Crippen molar-refractivity contribution >= 4 is 17.9 Å². The van der Waals surface area contributed by atoms with E-state index in [9.17, 15) is 9.59 Å². The number of carbonyl (C=O) groups is 2. The first-order valence-electron chi connectivity index (χ1n) is 11.0. The maximum absolute atomic E-state index is 13.1. The average Bonchev–Trinajstić information content (AvgIpc) is 2.87. The van der Waals surface area contributed by atoms with Crippen LogP contribution in [0.5, 0.6) is 0 Å². The Morgan fingerprint density at radius 3 is 2.22 bits per heavy atom. The van der Waals surface area contributed by atoms with Crippen molar-refractivity contribution in [1.29, 1.82) is 0 Å². The standard InChI is InChI=1S/C27H27N3O2/c31-25(15-14-21-9-3-1-4-10-21)30-19-16-23(17-20-30)27(32)29-26(22-11-5-2-6-12-22)24-13-7-8-18-28-24/h1-15,18,23,26H,16-17,19-20H2,(H,29,32)/b15-14+. The summed E-state index contributed by atoms with van der Waals surface area (Å²) in [5.74, 6) is -0.119. The Hall–Kier alpha value is -3.73. The summed E-state index contributed by atoms with van der Waals surface area (Å²) in [6, 6.07) is 25.1. The molecule has 1 aliphatic rings. The zero-order chi connectivity index (χ0) is 22.2. The minimum absolute atomic E-state index is 0.0106. The minimum Gasteiger partial charge on any atom is -0.343 e. The molecule has 5 nitrogen and oxygen atoms in total. The molecule has 5 heteroatoms. The van der Waals surface area contributed by atoms with E-state index < -0.39 is 0 Å². The topological polar surface area (TPSA) is 62.3 Å². The molecule has 0 saturated carbocycles. The average molecular weight is 426 g/mol. The Morgan fingerprint density at radius 1 is 0.906 bits per heavy atom. The molecule has 32 heavy (non-hydrogen) atoms. The highest BCUT2D eigenvalue weighted by atomic mass is 16.2. The molecule has 0 aliphatic carbocycles. The maximum Gasteiger partial charge on any atom is 0.246 e. The smallest absolute Gasteiger partial charge is 0.246 e. The third-order valence-electron chi connectivity index (χ3n) is 5.80. The number of nitrogens with zero attached hydrogens (tertiary/aromatic N) is 2. The minimum atomic E-state index is -0.293. The van der Waals surface area contributed by atoms with Gasteiger partial charge in [-0.1, -0.05) is 66.7 Å². The number of hydrogen-bond acceptors (Lipinski definition) is 3. The van der Waals surface area contributed by atoms with Crippen LogP contribution < -0.4 is 5.32 Å². The molecule has 4 rings (SSSR count). The Morgan fingerprint density at radius 2 is 1.56 bits per heavy atom. The van der Waals surface area contributed by atoms with Crippen molar-refractivity contribution in [1.82, 2.24) is 15.2 Å². The van der Waals surface area contributed by atoms with Crippen LogP contribution in [0.3, 0.4) is 0 Å². The first-order chi connectivity index (χ1) is 15.7. The van der Waals surface area contributed by atoms with E-state index in [1.807, 2.05) is 89.8 Å². The zero-order valence-corrected chi connectivity index (χ0v) is 17.9. The van der Waals surface area contributed by atoms with Crippen LogP contribution in [0.1, 0.15) is 35.7 Å². The number of rotatable bonds is 6. The first-order valence-corrected chi connectivity index (χ1v) is 11.0. The zero-order valence-electron chi connectivity index (χ0n) is 17.9. The third kappa shape index (κ3) is 5.49. The lowest BCUT2D eigenvalue weighted by Crippen LogP contribution is -2.43. The van der Waals surface area contributed by atoms with Gasteiger partial charge in [0.1, 0.15) is 0 Å². The number of benzene rings is 2. The fraction of sp³-hybridized carbons (Fsp3) is 0.222. The van der Waals surface area contributed by atoms with E-state index in [-0.39, 0.29) is 23.8 Å². The summed E-state index contributed by atoms with van der Waals surface area (Å²) in [6.45, 7) is 1.16. The molecule has 2 amide bonds. The highest BCUT2D eigenvalue weighted by Crippen LogP contribution is 2.23. The van der Waals surface area contributed by atoms with Crippen LogP contribution in [-0.4, -0.2) is 34.8 Å². The van der Waals surface area contributed by atoms with Crippen LogP contribution in [0.15, 0.2) is 91.1 Å². The van der Waals surface area contributed by atoms with Crippen LogP contribution in [0.25, 0.3) is 6.08 Å². The normalized spacial score (nSPS) is 15.4. The third-order valence-corrected chi connectivity index (χ3v) is 5.80. The summed E-state index contributed by atoms with van der Waals surface area (Å²) < 4.78 is 0. The van der Waals surface area contributed by atoms with Crippen LogP contribution in [0.4, 0.5) is 0 Å². The lowest BCUT2D eigenvalue weighted by Gasteiger charge is -2.31. The predicted octanol–water partition coefficient (Wildman–Crippen LogP) is 4.24. The number of carbonyl (C=O) groups excluding carboxylic acids is 2. The molecule has 162 valence electrons. The summed E-state index contributed by atoms with van der Waals surface area (Å²) in [5.41, 5.74) is 2.81. The molecule has 1 aromatic heterocycles. The van der Waals surface area contributed by atoms with E-state index in [0.717, 1.165) is 16.8 Å². The van der Waals surface area contributed by atoms with Gasteiger partial charge in [0, 0.05) is 31.3 Å². The van der Waals surface area contributed by atoms with Gasteiger partial charge in [0.2, 0.25) is 11.8 Å². The van der Waals surface area contributed by atoms with Crippen molar-refractivity contribution in [2.24, 2.45) is 5.92 Å². The number of likely N-dealkylation sites (tertiary alicyclic amines) is 1. The van der Waals surface area contributed by atoms with Crippen molar-refractivity contribution in [2.45, 2.75) is 18.9 Å². The van der Waals surface area contributed by atoms with Gasteiger partial charge in [0.05, 0.1) is 11.7 Å². The fourth-order valence-electron chi connectivity index (χ4n) is 3.98. The second-order valence-corrected chi connectivity index (χ2v) is 7.95. The molecule has 1 aliphatic heterocycles. The summed E-state index contributed by atoms with van der Waals surface area (Å²) >= 11 is 0. The second-order valence-electron chi connectivity index (χ2n) is 7.95. The number of hydrogen-bond donors (Lipinski definition) is 1.